The Kier molecular flexibility index (Phi) is 1.87. The van der Waals surface area contributed by atoms with Gasteiger partial charge in [0.15, 0.2) is 0 Å². The summed E-state index contributed by atoms with van der Waals surface area (Å²) in [7, 11) is 0. The van der Waals surface area contributed by atoms with Crippen LogP contribution in [0.4, 0.5) is 0 Å². The molecule has 0 atom stereocenters. The number of nitrogens with one attached hydrogen (secondary N) is 1. The van der Waals surface area contributed by atoms with Gasteiger partial charge in [-0.05, 0) is 29.1 Å². The first-order valence-corrected chi connectivity index (χ1v) is 4.11. The summed E-state index contributed by atoms with van der Waals surface area (Å²) >= 11 is 0. The summed E-state index contributed by atoms with van der Waals surface area (Å²) in [5, 5.41) is 1.02. The van der Waals surface area contributed by atoms with E-state index in [1.165, 1.54) is 6.07 Å². The normalized spacial score (nSPS) is 10.5. The van der Waals surface area contributed by atoms with Crippen molar-refractivity contribution in [3.8, 4) is 0 Å². The molecule has 0 aliphatic carbocycles. The summed E-state index contributed by atoms with van der Waals surface area (Å²) in [6.45, 7) is 0.523. The van der Waals surface area contributed by atoms with Crippen molar-refractivity contribution in [2.24, 2.45) is 5.73 Å². The third-order valence-electron chi connectivity index (χ3n) is 2.02. The average molecular weight is 174 g/mol. The Morgan fingerprint density at radius 3 is 2.85 bits per heavy atom. The van der Waals surface area contributed by atoms with Crippen LogP contribution in [0.15, 0.2) is 35.1 Å². The molecular formula is C10H10N2O. The van der Waals surface area contributed by atoms with E-state index in [0.29, 0.717) is 6.54 Å². The van der Waals surface area contributed by atoms with Crippen molar-refractivity contribution in [3.05, 3.63) is 46.2 Å². The lowest BCUT2D eigenvalue weighted by Gasteiger charge is -1.99. The zero-order valence-corrected chi connectivity index (χ0v) is 7.08. The van der Waals surface area contributed by atoms with Crippen LogP contribution in [0.5, 0.6) is 0 Å². The smallest absolute Gasteiger partial charge is 0.248 e. The van der Waals surface area contributed by atoms with Crippen LogP contribution < -0.4 is 11.3 Å². The van der Waals surface area contributed by atoms with E-state index >= 15 is 0 Å². The highest BCUT2D eigenvalue weighted by Crippen LogP contribution is 2.11. The molecule has 13 heavy (non-hydrogen) atoms. The predicted octanol–water partition coefficient (Wildman–Crippen LogP) is 0.987. The van der Waals surface area contributed by atoms with Crippen molar-refractivity contribution >= 4 is 10.9 Å². The summed E-state index contributed by atoms with van der Waals surface area (Å²) in [6.07, 6.45) is 0. The molecule has 1 heterocycles. The quantitative estimate of drug-likeness (QED) is 0.677. The molecule has 0 radical (unpaired) electrons. The Balaban J connectivity index is 2.73. The summed E-state index contributed by atoms with van der Waals surface area (Å²) in [6, 6.07) is 9.08. The fraction of sp³-hybridized carbons (Fsp3) is 0.100. The van der Waals surface area contributed by atoms with Crippen LogP contribution in [0.2, 0.25) is 0 Å². The van der Waals surface area contributed by atoms with Crippen molar-refractivity contribution in [2.45, 2.75) is 6.54 Å². The van der Waals surface area contributed by atoms with Crippen LogP contribution in [-0.2, 0) is 6.54 Å². The Bertz CT molecular complexity index is 487. The molecule has 3 nitrogen and oxygen atoms in total. The number of benzene rings is 1. The van der Waals surface area contributed by atoms with Crippen LogP contribution in [0.1, 0.15) is 5.56 Å². The maximum Gasteiger partial charge on any atom is 0.248 e. The van der Waals surface area contributed by atoms with Gasteiger partial charge >= 0.3 is 0 Å². The van der Waals surface area contributed by atoms with Gasteiger partial charge in [0.1, 0.15) is 0 Å². The summed E-state index contributed by atoms with van der Waals surface area (Å²) in [4.78, 5) is 13.7. The Morgan fingerprint density at radius 1 is 1.23 bits per heavy atom. The first-order chi connectivity index (χ1) is 6.29. The molecule has 3 heteroatoms. The Morgan fingerprint density at radius 2 is 2.08 bits per heavy atom. The number of H-pyrrole nitrogens is 1. The van der Waals surface area contributed by atoms with Gasteiger partial charge < -0.3 is 10.7 Å². The molecule has 66 valence electrons. The zero-order valence-electron chi connectivity index (χ0n) is 7.08. The van der Waals surface area contributed by atoms with E-state index in [2.05, 4.69) is 4.98 Å². The van der Waals surface area contributed by atoms with Crippen LogP contribution in [0.25, 0.3) is 10.9 Å². The number of aromatic amines is 1. The first kappa shape index (κ1) is 8.01. The molecule has 3 N–H and O–H groups in total. The zero-order chi connectivity index (χ0) is 9.26. The van der Waals surface area contributed by atoms with Crippen LogP contribution >= 0.6 is 0 Å². The maximum absolute atomic E-state index is 11.0. The third-order valence-corrected chi connectivity index (χ3v) is 2.02. The number of rotatable bonds is 1. The summed E-state index contributed by atoms with van der Waals surface area (Å²) in [5.41, 5.74) is 7.34. The van der Waals surface area contributed by atoms with E-state index in [9.17, 15) is 4.79 Å². The van der Waals surface area contributed by atoms with E-state index in [-0.39, 0.29) is 5.56 Å². The van der Waals surface area contributed by atoms with E-state index < -0.39 is 0 Å². The molecule has 0 aliphatic rings. The molecule has 0 amide bonds. The number of hydrogen-bond acceptors (Lipinski definition) is 2. The second kappa shape index (κ2) is 3.03. The number of aromatic nitrogens is 1. The number of hydrogen-bond donors (Lipinski definition) is 2. The molecule has 0 spiro atoms. The highest BCUT2D eigenvalue weighted by molar-refractivity contribution is 5.78. The van der Waals surface area contributed by atoms with Gasteiger partial charge in [0.05, 0.1) is 0 Å². The fourth-order valence-electron chi connectivity index (χ4n) is 1.33. The van der Waals surface area contributed by atoms with Crippen LogP contribution in [0.3, 0.4) is 0 Å². The van der Waals surface area contributed by atoms with Gasteiger partial charge in [-0.1, -0.05) is 6.07 Å². The first-order valence-electron chi connectivity index (χ1n) is 4.11. The minimum Gasteiger partial charge on any atom is -0.326 e. The molecule has 1 aromatic carbocycles. The van der Waals surface area contributed by atoms with Crippen molar-refractivity contribution in [3.63, 3.8) is 0 Å². The maximum atomic E-state index is 11.0. The Labute approximate surface area is 75.2 Å². The Hall–Kier alpha value is -1.61. The molecule has 2 aromatic rings. The lowest BCUT2D eigenvalue weighted by Crippen LogP contribution is -2.03. The molecule has 0 aliphatic heterocycles. The van der Waals surface area contributed by atoms with Crippen LogP contribution in [0, 0.1) is 0 Å². The van der Waals surface area contributed by atoms with Gasteiger partial charge in [0.2, 0.25) is 5.56 Å². The summed E-state index contributed by atoms with van der Waals surface area (Å²) < 4.78 is 0. The van der Waals surface area contributed by atoms with Gasteiger partial charge in [-0.2, -0.15) is 0 Å². The van der Waals surface area contributed by atoms with Gasteiger partial charge in [-0.3, -0.25) is 4.79 Å². The minimum atomic E-state index is -0.0759. The average Bonchev–Trinajstić information content (AvgIpc) is 2.17. The second-order valence-electron chi connectivity index (χ2n) is 2.95. The summed E-state index contributed by atoms with van der Waals surface area (Å²) in [5.74, 6) is 0. The molecule has 0 saturated heterocycles. The highest BCUT2D eigenvalue weighted by atomic mass is 16.1. The van der Waals surface area contributed by atoms with Gasteiger partial charge in [-0.25, -0.2) is 0 Å². The molecule has 0 unspecified atom stereocenters. The lowest BCUT2D eigenvalue weighted by molar-refractivity contribution is 1.07. The molecular weight excluding hydrogens is 164 g/mol. The van der Waals surface area contributed by atoms with Crippen molar-refractivity contribution in [2.75, 3.05) is 0 Å². The topological polar surface area (TPSA) is 58.9 Å². The highest BCUT2D eigenvalue weighted by Gasteiger charge is 1.94. The van der Waals surface area contributed by atoms with Crippen molar-refractivity contribution in [1.82, 2.24) is 4.98 Å². The number of pyridine rings is 1. The number of nitrogens with two attached hydrogens (primary N) is 1. The standard InChI is InChI=1S/C10H10N2O/c11-6-7-1-3-9-8(5-7)2-4-10(13)12-9/h1-5H,6,11H2,(H,12,13). The lowest BCUT2D eigenvalue weighted by atomic mass is 10.1. The van der Waals surface area contributed by atoms with E-state index in [0.717, 1.165) is 16.5 Å². The predicted molar refractivity (Wildman–Crippen MR) is 52.5 cm³/mol. The minimum absolute atomic E-state index is 0.0759. The van der Waals surface area contributed by atoms with Crippen molar-refractivity contribution < 1.29 is 0 Å². The molecule has 1 aromatic heterocycles. The van der Waals surface area contributed by atoms with E-state index in [1.807, 2.05) is 18.2 Å². The molecule has 0 fully saturated rings. The van der Waals surface area contributed by atoms with Gasteiger partial charge in [-0.15, -0.1) is 0 Å². The SMILES string of the molecule is NCc1ccc2[nH]c(=O)ccc2c1. The van der Waals surface area contributed by atoms with Gasteiger partial charge in [0.25, 0.3) is 0 Å². The van der Waals surface area contributed by atoms with E-state index in [4.69, 9.17) is 5.73 Å². The number of fused-ring (bicyclic) bond motifs is 1. The largest absolute Gasteiger partial charge is 0.326 e. The molecule has 0 saturated carbocycles. The third kappa shape index (κ3) is 1.46. The van der Waals surface area contributed by atoms with E-state index in [1.54, 1.807) is 6.07 Å². The molecule has 0 bridgehead atoms. The van der Waals surface area contributed by atoms with Crippen molar-refractivity contribution in [1.29, 1.82) is 0 Å². The monoisotopic (exact) mass is 174 g/mol. The molecule has 2 rings (SSSR count). The van der Waals surface area contributed by atoms with Gasteiger partial charge in [0, 0.05) is 18.1 Å². The van der Waals surface area contributed by atoms with Crippen LogP contribution in [-0.4, -0.2) is 4.98 Å². The fourth-order valence-corrected chi connectivity index (χ4v) is 1.33. The second-order valence-corrected chi connectivity index (χ2v) is 2.95.